The molecule has 0 saturated carbocycles. The molecule has 0 radical (unpaired) electrons. The van der Waals surface area contributed by atoms with Gasteiger partial charge in [0, 0.05) is 37.8 Å². The highest BCUT2D eigenvalue weighted by Crippen LogP contribution is 2.24. The third kappa shape index (κ3) is 3.37. The van der Waals surface area contributed by atoms with Crippen LogP contribution < -0.4 is 10.6 Å². The molecule has 2 N–H and O–H groups in total. The van der Waals surface area contributed by atoms with E-state index in [4.69, 9.17) is 10.5 Å². The van der Waals surface area contributed by atoms with Gasteiger partial charge in [-0.15, -0.1) is 0 Å². The van der Waals surface area contributed by atoms with Crippen LogP contribution >= 0.6 is 0 Å². The van der Waals surface area contributed by atoms with Crippen molar-refractivity contribution in [2.45, 2.75) is 32.9 Å². The zero-order valence-electron chi connectivity index (χ0n) is 12.9. The molecule has 6 heteroatoms. The molecular weight excluding hydrogens is 254 g/mol. The predicted molar refractivity (Wildman–Crippen MR) is 80.7 cm³/mol. The van der Waals surface area contributed by atoms with E-state index in [1.165, 1.54) is 0 Å². The average molecular weight is 279 g/mol. The van der Waals surface area contributed by atoms with Crippen molar-refractivity contribution in [3.05, 3.63) is 11.9 Å². The summed E-state index contributed by atoms with van der Waals surface area (Å²) in [5, 5.41) is 0. The summed E-state index contributed by atoms with van der Waals surface area (Å²) in [5.74, 6) is 2.05. The number of piperazine rings is 1. The Bertz CT molecular complexity index is 463. The average Bonchev–Trinajstić information content (AvgIpc) is 2.39. The number of anilines is 2. The Hall–Kier alpha value is -1.40. The Morgan fingerprint density at radius 1 is 1.35 bits per heavy atom. The van der Waals surface area contributed by atoms with E-state index in [0.717, 1.165) is 25.5 Å². The van der Waals surface area contributed by atoms with E-state index in [-0.39, 0.29) is 5.54 Å². The SMILES string of the molecule is CCOCc1nc(N)cc(N2CCN(C)C(C)(C)C2)n1. The molecule has 1 aromatic rings. The summed E-state index contributed by atoms with van der Waals surface area (Å²) in [6.45, 7) is 10.4. The van der Waals surface area contributed by atoms with Crippen molar-refractivity contribution in [3.8, 4) is 0 Å². The third-order valence-corrected chi connectivity index (χ3v) is 3.85. The number of likely N-dealkylation sites (N-methyl/N-ethyl adjacent to an activating group) is 1. The molecule has 1 aromatic heterocycles. The molecule has 1 saturated heterocycles. The number of nitrogen functional groups attached to an aromatic ring is 1. The zero-order chi connectivity index (χ0) is 14.8. The fourth-order valence-corrected chi connectivity index (χ4v) is 2.36. The Kier molecular flexibility index (Phi) is 4.45. The van der Waals surface area contributed by atoms with Gasteiger partial charge in [-0.05, 0) is 27.8 Å². The van der Waals surface area contributed by atoms with Crippen molar-refractivity contribution < 1.29 is 4.74 Å². The van der Waals surface area contributed by atoms with Gasteiger partial charge < -0.3 is 15.4 Å². The maximum Gasteiger partial charge on any atom is 0.158 e. The molecule has 1 aliphatic rings. The van der Waals surface area contributed by atoms with Crippen LogP contribution in [0.3, 0.4) is 0 Å². The zero-order valence-corrected chi connectivity index (χ0v) is 12.9. The Morgan fingerprint density at radius 3 is 2.75 bits per heavy atom. The molecule has 20 heavy (non-hydrogen) atoms. The molecule has 0 aliphatic carbocycles. The second-order valence-corrected chi connectivity index (χ2v) is 5.86. The standard InChI is InChI=1S/C14H25N5O/c1-5-20-9-12-16-11(15)8-13(17-12)19-7-6-18(4)14(2,3)10-19/h8H,5-7,9-10H2,1-4H3,(H2,15,16,17). The van der Waals surface area contributed by atoms with Crippen LogP contribution in [0.1, 0.15) is 26.6 Å². The van der Waals surface area contributed by atoms with Crippen molar-refractivity contribution in [1.29, 1.82) is 0 Å². The van der Waals surface area contributed by atoms with Gasteiger partial charge in [-0.3, -0.25) is 4.90 Å². The van der Waals surface area contributed by atoms with Crippen molar-refractivity contribution in [2.24, 2.45) is 0 Å². The number of hydrogen-bond acceptors (Lipinski definition) is 6. The molecule has 0 amide bonds. The maximum absolute atomic E-state index is 5.89. The fourth-order valence-electron chi connectivity index (χ4n) is 2.36. The van der Waals surface area contributed by atoms with Crippen LogP contribution in [-0.4, -0.2) is 53.7 Å². The maximum atomic E-state index is 5.89. The largest absolute Gasteiger partial charge is 0.384 e. The van der Waals surface area contributed by atoms with Crippen molar-refractivity contribution >= 4 is 11.6 Å². The first kappa shape index (κ1) is 15.0. The van der Waals surface area contributed by atoms with E-state index in [1.807, 2.05) is 13.0 Å². The molecule has 0 bridgehead atoms. The summed E-state index contributed by atoms with van der Waals surface area (Å²) >= 11 is 0. The van der Waals surface area contributed by atoms with Crippen LogP contribution in [0.25, 0.3) is 0 Å². The van der Waals surface area contributed by atoms with E-state index < -0.39 is 0 Å². The molecule has 2 rings (SSSR count). The van der Waals surface area contributed by atoms with Crippen LogP contribution in [0.15, 0.2) is 6.07 Å². The highest BCUT2D eigenvalue weighted by molar-refractivity contribution is 5.47. The minimum Gasteiger partial charge on any atom is -0.384 e. The highest BCUT2D eigenvalue weighted by Gasteiger charge is 2.31. The van der Waals surface area contributed by atoms with Gasteiger partial charge in [0.15, 0.2) is 5.82 Å². The van der Waals surface area contributed by atoms with Crippen molar-refractivity contribution in [1.82, 2.24) is 14.9 Å². The second kappa shape index (κ2) is 5.93. The summed E-state index contributed by atoms with van der Waals surface area (Å²) < 4.78 is 5.37. The van der Waals surface area contributed by atoms with Gasteiger partial charge in [0.25, 0.3) is 0 Å². The van der Waals surface area contributed by atoms with Crippen molar-refractivity contribution in [2.75, 3.05) is 43.9 Å². The van der Waals surface area contributed by atoms with E-state index in [1.54, 1.807) is 0 Å². The fraction of sp³-hybridized carbons (Fsp3) is 0.714. The molecule has 0 unspecified atom stereocenters. The molecular formula is C14H25N5O. The number of nitrogens with zero attached hydrogens (tertiary/aromatic N) is 4. The van der Waals surface area contributed by atoms with Crippen molar-refractivity contribution in [3.63, 3.8) is 0 Å². The van der Waals surface area contributed by atoms with E-state index in [2.05, 4.69) is 40.7 Å². The Balaban J connectivity index is 2.17. The molecule has 0 aromatic carbocycles. The molecule has 112 valence electrons. The molecule has 0 spiro atoms. The number of hydrogen-bond donors (Lipinski definition) is 1. The van der Waals surface area contributed by atoms with Gasteiger partial charge in [0.2, 0.25) is 0 Å². The van der Waals surface area contributed by atoms with Gasteiger partial charge in [-0.2, -0.15) is 0 Å². The summed E-state index contributed by atoms with van der Waals surface area (Å²) in [7, 11) is 2.16. The third-order valence-electron chi connectivity index (χ3n) is 3.85. The molecule has 6 nitrogen and oxygen atoms in total. The number of nitrogens with two attached hydrogens (primary N) is 1. The normalized spacial score (nSPS) is 19.3. The summed E-state index contributed by atoms with van der Waals surface area (Å²) in [4.78, 5) is 13.4. The van der Waals surface area contributed by atoms with Crippen LogP contribution in [0.2, 0.25) is 0 Å². The van der Waals surface area contributed by atoms with Crippen LogP contribution in [-0.2, 0) is 11.3 Å². The Morgan fingerprint density at radius 2 is 2.10 bits per heavy atom. The molecule has 1 fully saturated rings. The van der Waals surface area contributed by atoms with Gasteiger partial charge in [0.05, 0.1) is 0 Å². The lowest BCUT2D eigenvalue weighted by Crippen LogP contribution is -2.57. The van der Waals surface area contributed by atoms with Gasteiger partial charge in [0.1, 0.15) is 18.2 Å². The first-order valence-electron chi connectivity index (χ1n) is 7.10. The van der Waals surface area contributed by atoms with E-state index >= 15 is 0 Å². The predicted octanol–water partition coefficient (Wildman–Crippen LogP) is 1.13. The van der Waals surface area contributed by atoms with E-state index in [0.29, 0.717) is 24.9 Å². The van der Waals surface area contributed by atoms with Crippen LogP contribution in [0.4, 0.5) is 11.6 Å². The monoisotopic (exact) mass is 279 g/mol. The Labute approximate surface area is 120 Å². The quantitative estimate of drug-likeness (QED) is 0.891. The second-order valence-electron chi connectivity index (χ2n) is 5.86. The summed E-state index contributed by atoms with van der Waals surface area (Å²) in [6.07, 6.45) is 0. The van der Waals surface area contributed by atoms with Gasteiger partial charge >= 0.3 is 0 Å². The van der Waals surface area contributed by atoms with Crippen LogP contribution in [0, 0.1) is 0 Å². The van der Waals surface area contributed by atoms with Crippen LogP contribution in [0.5, 0.6) is 0 Å². The minimum atomic E-state index is 0.123. The number of rotatable bonds is 4. The number of ether oxygens (including phenoxy) is 1. The van der Waals surface area contributed by atoms with E-state index in [9.17, 15) is 0 Å². The lowest BCUT2D eigenvalue weighted by molar-refractivity contribution is 0.127. The smallest absolute Gasteiger partial charge is 0.158 e. The summed E-state index contributed by atoms with van der Waals surface area (Å²) in [5.41, 5.74) is 6.01. The first-order chi connectivity index (χ1) is 9.42. The lowest BCUT2D eigenvalue weighted by Gasteiger charge is -2.45. The topological polar surface area (TPSA) is 67.5 Å². The lowest BCUT2D eigenvalue weighted by atomic mass is 10.00. The van der Waals surface area contributed by atoms with Gasteiger partial charge in [-0.1, -0.05) is 0 Å². The number of aromatic nitrogens is 2. The van der Waals surface area contributed by atoms with Gasteiger partial charge in [-0.25, -0.2) is 9.97 Å². The molecule has 0 atom stereocenters. The summed E-state index contributed by atoms with van der Waals surface area (Å²) in [6, 6.07) is 1.84. The molecule has 1 aliphatic heterocycles. The molecule has 2 heterocycles. The minimum absolute atomic E-state index is 0.123. The first-order valence-corrected chi connectivity index (χ1v) is 7.10. The highest BCUT2D eigenvalue weighted by atomic mass is 16.5.